The third kappa shape index (κ3) is 6.05. The Balaban J connectivity index is 0.00000280. The monoisotopic (exact) mass is 494 g/mol. The summed E-state index contributed by atoms with van der Waals surface area (Å²) in [7, 11) is 1.75. The number of nitrogens with zero attached hydrogens (tertiary/aromatic N) is 2. The summed E-state index contributed by atoms with van der Waals surface area (Å²) in [5, 5.41) is 6.58. The van der Waals surface area contributed by atoms with Gasteiger partial charge in [-0.2, -0.15) is 0 Å². The van der Waals surface area contributed by atoms with Crippen molar-refractivity contribution in [2.75, 3.05) is 13.6 Å². The first-order chi connectivity index (χ1) is 13.2. The van der Waals surface area contributed by atoms with Crippen LogP contribution in [0.15, 0.2) is 64.2 Å². The summed E-state index contributed by atoms with van der Waals surface area (Å²) in [5.74, 6) is 0.951. The van der Waals surface area contributed by atoms with Crippen molar-refractivity contribution in [3.63, 3.8) is 0 Å². The number of rotatable bonds is 6. The summed E-state index contributed by atoms with van der Waals surface area (Å²) in [5.41, 5.74) is 4.07. The van der Waals surface area contributed by atoms with Gasteiger partial charge in [0.15, 0.2) is 5.96 Å². The van der Waals surface area contributed by atoms with Crippen LogP contribution in [-0.4, -0.2) is 24.5 Å². The molecule has 1 heterocycles. The van der Waals surface area contributed by atoms with Crippen LogP contribution in [0.5, 0.6) is 0 Å². The smallest absolute Gasteiger partial charge is 0.226 e. The predicted molar refractivity (Wildman–Crippen MR) is 120 cm³/mol. The summed E-state index contributed by atoms with van der Waals surface area (Å²) >= 11 is 0. The molecule has 148 valence electrons. The van der Waals surface area contributed by atoms with Gasteiger partial charge in [-0.25, -0.2) is 9.37 Å². The first-order valence-electron chi connectivity index (χ1n) is 8.85. The van der Waals surface area contributed by atoms with E-state index in [1.54, 1.807) is 25.4 Å². The zero-order valence-electron chi connectivity index (χ0n) is 15.9. The topological polar surface area (TPSA) is 62.5 Å². The lowest BCUT2D eigenvalue weighted by Crippen LogP contribution is -2.38. The van der Waals surface area contributed by atoms with Gasteiger partial charge in [-0.15, -0.1) is 24.0 Å². The van der Waals surface area contributed by atoms with Crippen LogP contribution >= 0.6 is 24.0 Å². The summed E-state index contributed by atoms with van der Waals surface area (Å²) in [6.45, 7) is 3.48. The minimum absolute atomic E-state index is 0. The van der Waals surface area contributed by atoms with E-state index in [1.807, 2.05) is 12.1 Å². The Morgan fingerprint density at radius 3 is 2.57 bits per heavy atom. The molecule has 0 spiro atoms. The quantitative estimate of drug-likeness (QED) is 0.305. The Kier molecular flexibility index (Phi) is 8.43. The maximum atomic E-state index is 13.0. The van der Waals surface area contributed by atoms with Crippen LogP contribution in [0.25, 0.3) is 11.5 Å². The van der Waals surface area contributed by atoms with Crippen molar-refractivity contribution in [1.82, 2.24) is 15.6 Å². The number of hydrogen-bond acceptors (Lipinski definition) is 3. The van der Waals surface area contributed by atoms with Crippen molar-refractivity contribution < 1.29 is 8.81 Å². The molecule has 28 heavy (non-hydrogen) atoms. The lowest BCUT2D eigenvalue weighted by atomic mass is 10.1. The molecule has 1 aromatic heterocycles. The molecular formula is C21H24FIN4O. The van der Waals surface area contributed by atoms with Gasteiger partial charge in [0.1, 0.15) is 12.1 Å². The number of aliphatic imine (C=N–C) groups is 1. The molecule has 0 radical (unpaired) electrons. The number of oxazole rings is 1. The number of aromatic nitrogens is 1. The maximum absolute atomic E-state index is 13.0. The van der Waals surface area contributed by atoms with E-state index in [0.29, 0.717) is 25.4 Å². The molecule has 5 nitrogen and oxygen atoms in total. The van der Waals surface area contributed by atoms with E-state index in [-0.39, 0.29) is 29.8 Å². The molecule has 3 aromatic rings. The zero-order valence-corrected chi connectivity index (χ0v) is 18.2. The summed E-state index contributed by atoms with van der Waals surface area (Å²) < 4.78 is 18.5. The van der Waals surface area contributed by atoms with Crippen molar-refractivity contribution in [3.05, 3.63) is 77.4 Å². The second-order valence-electron chi connectivity index (χ2n) is 6.18. The van der Waals surface area contributed by atoms with Crippen molar-refractivity contribution in [3.8, 4) is 11.5 Å². The molecule has 0 aliphatic carbocycles. The first-order valence-corrected chi connectivity index (χ1v) is 8.85. The Bertz CT molecular complexity index is 909. The SMILES string of the molecule is CN=C(NCCc1coc(-c2ccc(F)cc2)n1)NCc1ccccc1C.I. The second-order valence-corrected chi connectivity index (χ2v) is 6.18. The van der Waals surface area contributed by atoms with Crippen LogP contribution in [0, 0.1) is 12.7 Å². The fraction of sp³-hybridized carbons (Fsp3) is 0.238. The second kappa shape index (κ2) is 10.8. The maximum Gasteiger partial charge on any atom is 0.226 e. The number of hydrogen-bond donors (Lipinski definition) is 2. The first kappa shape index (κ1) is 21.9. The fourth-order valence-corrected chi connectivity index (χ4v) is 2.66. The van der Waals surface area contributed by atoms with Crippen LogP contribution in [-0.2, 0) is 13.0 Å². The van der Waals surface area contributed by atoms with E-state index in [2.05, 4.69) is 39.7 Å². The zero-order chi connectivity index (χ0) is 19.1. The Morgan fingerprint density at radius 2 is 1.86 bits per heavy atom. The Hall–Kier alpha value is -2.42. The van der Waals surface area contributed by atoms with Gasteiger partial charge >= 0.3 is 0 Å². The van der Waals surface area contributed by atoms with E-state index < -0.39 is 0 Å². The molecule has 0 amide bonds. The van der Waals surface area contributed by atoms with E-state index in [4.69, 9.17) is 4.42 Å². The van der Waals surface area contributed by atoms with E-state index in [0.717, 1.165) is 17.2 Å². The van der Waals surface area contributed by atoms with Crippen LogP contribution in [0.3, 0.4) is 0 Å². The minimum Gasteiger partial charge on any atom is -0.444 e. The highest BCUT2D eigenvalue weighted by molar-refractivity contribution is 14.0. The summed E-state index contributed by atoms with van der Waals surface area (Å²) in [6, 6.07) is 14.3. The van der Waals surface area contributed by atoms with E-state index in [9.17, 15) is 4.39 Å². The van der Waals surface area contributed by atoms with E-state index in [1.165, 1.54) is 23.3 Å². The summed E-state index contributed by atoms with van der Waals surface area (Å²) in [6.07, 6.45) is 2.32. The van der Waals surface area contributed by atoms with Gasteiger partial charge in [0.25, 0.3) is 0 Å². The van der Waals surface area contributed by atoms with Crippen LogP contribution in [0.1, 0.15) is 16.8 Å². The van der Waals surface area contributed by atoms with Crippen LogP contribution < -0.4 is 10.6 Å². The molecule has 7 heteroatoms. The van der Waals surface area contributed by atoms with Gasteiger partial charge in [0.05, 0.1) is 5.69 Å². The summed E-state index contributed by atoms with van der Waals surface area (Å²) in [4.78, 5) is 8.69. The highest BCUT2D eigenvalue weighted by atomic mass is 127. The Morgan fingerprint density at radius 1 is 1.11 bits per heavy atom. The van der Waals surface area contributed by atoms with Gasteiger partial charge < -0.3 is 15.1 Å². The highest BCUT2D eigenvalue weighted by Gasteiger charge is 2.07. The van der Waals surface area contributed by atoms with Gasteiger partial charge in [-0.05, 0) is 42.3 Å². The van der Waals surface area contributed by atoms with Gasteiger partial charge in [-0.3, -0.25) is 4.99 Å². The van der Waals surface area contributed by atoms with Gasteiger partial charge in [0, 0.05) is 32.1 Å². The van der Waals surface area contributed by atoms with Crippen molar-refractivity contribution in [2.45, 2.75) is 19.9 Å². The average molecular weight is 494 g/mol. The van der Waals surface area contributed by atoms with Crippen molar-refractivity contribution in [1.29, 1.82) is 0 Å². The lowest BCUT2D eigenvalue weighted by Gasteiger charge is -2.12. The Labute approximate surface area is 181 Å². The molecule has 3 rings (SSSR count). The molecule has 0 aliphatic heterocycles. The number of benzene rings is 2. The predicted octanol–water partition coefficient (Wildman–Crippen LogP) is 4.31. The fourth-order valence-electron chi connectivity index (χ4n) is 2.66. The molecule has 0 bridgehead atoms. The van der Waals surface area contributed by atoms with Crippen LogP contribution in [0.4, 0.5) is 4.39 Å². The molecule has 0 fully saturated rings. The lowest BCUT2D eigenvalue weighted by molar-refractivity contribution is 0.571. The molecule has 0 atom stereocenters. The van der Waals surface area contributed by atoms with E-state index >= 15 is 0 Å². The standard InChI is InChI=1S/C21H23FN4O.HI/c1-15-5-3-4-6-17(15)13-25-21(23-2)24-12-11-19-14-27-20(26-19)16-7-9-18(22)10-8-16;/h3-10,14H,11-13H2,1-2H3,(H2,23,24,25);1H. The number of nitrogens with one attached hydrogen (secondary N) is 2. The number of aryl methyl sites for hydroxylation is 1. The van der Waals surface area contributed by atoms with Gasteiger partial charge in [-0.1, -0.05) is 24.3 Å². The number of guanidine groups is 1. The van der Waals surface area contributed by atoms with Crippen molar-refractivity contribution >= 4 is 29.9 Å². The molecule has 0 unspecified atom stereocenters. The highest BCUT2D eigenvalue weighted by Crippen LogP contribution is 2.18. The van der Waals surface area contributed by atoms with Crippen molar-refractivity contribution in [2.24, 2.45) is 4.99 Å². The number of halogens is 2. The molecular weight excluding hydrogens is 470 g/mol. The molecule has 0 saturated carbocycles. The molecule has 0 saturated heterocycles. The minimum atomic E-state index is -0.278. The molecule has 2 aromatic carbocycles. The third-order valence-corrected chi connectivity index (χ3v) is 4.25. The molecule has 0 aliphatic rings. The third-order valence-electron chi connectivity index (χ3n) is 4.25. The van der Waals surface area contributed by atoms with Crippen LogP contribution in [0.2, 0.25) is 0 Å². The normalized spacial score (nSPS) is 11.0. The largest absolute Gasteiger partial charge is 0.444 e. The van der Waals surface area contributed by atoms with Gasteiger partial charge in [0.2, 0.25) is 5.89 Å². The average Bonchev–Trinajstić information content (AvgIpc) is 3.15. The molecule has 2 N–H and O–H groups in total.